The van der Waals surface area contributed by atoms with Crippen molar-refractivity contribution in [2.45, 2.75) is 372 Å². The predicted molar refractivity (Wildman–Crippen MR) is 356 cm³/mol. The zero-order valence-corrected chi connectivity index (χ0v) is 55.0. The third-order valence-electron chi connectivity index (χ3n) is 16.6. The van der Waals surface area contributed by atoms with Crippen molar-refractivity contribution in [3.8, 4) is 0 Å². The molecule has 0 bridgehead atoms. The van der Waals surface area contributed by atoms with Gasteiger partial charge in [-0.1, -0.05) is 293 Å². The lowest BCUT2D eigenvalue weighted by molar-refractivity contribution is -0.305. The second-order valence-corrected chi connectivity index (χ2v) is 24.6. The van der Waals surface area contributed by atoms with Gasteiger partial charge >= 0.3 is 5.97 Å². The molecular weight excluding hydrogens is 1060 g/mol. The van der Waals surface area contributed by atoms with E-state index in [0.717, 1.165) is 96.3 Å². The summed E-state index contributed by atoms with van der Waals surface area (Å²) in [6.45, 7) is 5.76. The lowest BCUT2D eigenvalue weighted by Gasteiger charge is -2.41. The average molecular weight is 1200 g/mol. The SMILES string of the molecule is CCCCC/C=C\C/C=C\C/C=C\CCCCCCCCCCCCCCCCC(=O)OC1C(OCC(NC(=O)C(O)CCCCCCCC/C=C\C/C=C\CCCCC)C(O)/C=C/CCCCCCCCCCCCC)OC(CO)C(O)C1O. The largest absolute Gasteiger partial charge is 0.454 e. The first kappa shape index (κ1) is 80.1. The molecule has 0 aromatic heterocycles. The van der Waals surface area contributed by atoms with Crippen LogP contribution in [0.25, 0.3) is 0 Å². The standard InChI is InChI=1S/C74H133NO10/c1-4-7-10-13-16-19-22-25-27-29-30-31-32-33-34-35-36-37-38-39-41-44-47-50-53-56-59-62-69(79)85-72-71(81)70(80)68(63-76)84-74(72)83-64-65(66(77)60-57-54-51-48-45-42-24-21-18-15-12-9-6-3)75-73(82)67(78)61-58-55-52-49-46-43-40-28-26-23-20-17-14-11-8-5-2/h16-17,19-20,25-28,30-31,57,60,65-68,70-72,74,76-78,80-81H,4-15,18,21-24,29,32-56,58-59,61-64H2,1-3H3,(H,75,82)/b19-16-,20-17-,27-25-,28-26-,31-30-,60-57+. The molecule has 0 aromatic carbocycles. The van der Waals surface area contributed by atoms with Crippen LogP contribution in [-0.2, 0) is 23.8 Å². The summed E-state index contributed by atoms with van der Waals surface area (Å²) in [5.41, 5.74) is 0. The van der Waals surface area contributed by atoms with Gasteiger partial charge in [0.2, 0.25) is 5.91 Å². The molecule has 0 spiro atoms. The highest BCUT2D eigenvalue weighted by Crippen LogP contribution is 2.26. The van der Waals surface area contributed by atoms with E-state index in [1.165, 1.54) is 180 Å². The summed E-state index contributed by atoms with van der Waals surface area (Å²) in [7, 11) is 0. The molecule has 6 N–H and O–H groups in total. The first-order valence-electron chi connectivity index (χ1n) is 35.7. The first-order chi connectivity index (χ1) is 41.7. The van der Waals surface area contributed by atoms with Gasteiger partial charge in [0.1, 0.15) is 24.4 Å². The summed E-state index contributed by atoms with van der Waals surface area (Å²) in [5, 5.41) is 57.2. The molecule has 85 heavy (non-hydrogen) atoms. The number of esters is 1. The Hall–Kier alpha value is -2.90. The smallest absolute Gasteiger partial charge is 0.306 e. The van der Waals surface area contributed by atoms with Crippen LogP contribution in [0, 0.1) is 0 Å². The molecule has 0 radical (unpaired) electrons. The van der Waals surface area contributed by atoms with Crippen LogP contribution >= 0.6 is 0 Å². The maximum atomic E-state index is 13.5. The minimum atomic E-state index is -1.62. The van der Waals surface area contributed by atoms with Gasteiger partial charge in [-0.3, -0.25) is 9.59 Å². The average Bonchev–Trinajstić information content (AvgIpc) is 2.50. The molecule has 1 amide bonds. The number of ether oxygens (including phenoxy) is 3. The van der Waals surface area contributed by atoms with E-state index in [1.807, 2.05) is 6.08 Å². The van der Waals surface area contributed by atoms with Crippen molar-refractivity contribution in [1.82, 2.24) is 5.32 Å². The molecule has 11 nitrogen and oxygen atoms in total. The van der Waals surface area contributed by atoms with Gasteiger partial charge in [0.15, 0.2) is 12.4 Å². The molecule has 1 fully saturated rings. The summed E-state index contributed by atoms with van der Waals surface area (Å²) in [6, 6.07) is -1.03. The normalized spacial score (nSPS) is 18.8. The number of amides is 1. The van der Waals surface area contributed by atoms with Gasteiger partial charge in [-0.25, -0.2) is 0 Å². The Morgan fingerprint density at radius 1 is 0.459 bits per heavy atom. The highest BCUT2D eigenvalue weighted by molar-refractivity contribution is 5.80. The van der Waals surface area contributed by atoms with Gasteiger partial charge < -0.3 is 45.1 Å². The van der Waals surface area contributed by atoms with Crippen LogP contribution in [0.2, 0.25) is 0 Å². The third-order valence-corrected chi connectivity index (χ3v) is 16.6. The summed E-state index contributed by atoms with van der Waals surface area (Å²) in [4.78, 5) is 26.7. The number of carbonyl (C=O) groups excluding carboxylic acids is 2. The van der Waals surface area contributed by atoms with Crippen molar-refractivity contribution < 1.29 is 49.3 Å². The molecule has 1 heterocycles. The van der Waals surface area contributed by atoms with Crippen molar-refractivity contribution >= 4 is 11.9 Å². The van der Waals surface area contributed by atoms with E-state index in [-0.39, 0.29) is 19.4 Å². The summed E-state index contributed by atoms with van der Waals surface area (Å²) >= 11 is 0. The third kappa shape index (κ3) is 48.7. The quantitative estimate of drug-likeness (QED) is 0.0195. The summed E-state index contributed by atoms with van der Waals surface area (Å²) in [5.74, 6) is -1.20. The maximum Gasteiger partial charge on any atom is 0.306 e. The van der Waals surface area contributed by atoms with Crippen LogP contribution in [0.3, 0.4) is 0 Å². The van der Waals surface area contributed by atoms with Crippen LogP contribution in [-0.4, -0.2) is 99.6 Å². The number of nitrogens with one attached hydrogen (secondary N) is 1. The number of hydrogen-bond donors (Lipinski definition) is 6. The lowest BCUT2D eigenvalue weighted by Crippen LogP contribution is -2.61. The van der Waals surface area contributed by atoms with Gasteiger partial charge in [-0.2, -0.15) is 0 Å². The molecule has 1 aliphatic heterocycles. The molecule has 494 valence electrons. The number of aliphatic hydroxyl groups is 5. The Balaban J connectivity index is 2.56. The number of aliphatic hydroxyl groups excluding tert-OH is 5. The molecule has 11 heteroatoms. The first-order valence-corrected chi connectivity index (χ1v) is 35.7. The number of carbonyl (C=O) groups is 2. The molecule has 1 saturated heterocycles. The number of allylic oxidation sites excluding steroid dienone is 11. The Morgan fingerprint density at radius 3 is 1.24 bits per heavy atom. The Morgan fingerprint density at radius 2 is 0.812 bits per heavy atom. The van der Waals surface area contributed by atoms with E-state index in [4.69, 9.17) is 14.2 Å². The molecule has 8 atom stereocenters. The molecule has 1 aliphatic rings. The highest BCUT2D eigenvalue weighted by Gasteiger charge is 2.47. The predicted octanol–water partition coefficient (Wildman–Crippen LogP) is 18.3. The second-order valence-electron chi connectivity index (χ2n) is 24.6. The van der Waals surface area contributed by atoms with Crippen LogP contribution in [0.1, 0.15) is 323 Å². The molecule has 8 unspecified atom stereocenters. The Labute approximate surface area is 521 Å². The fraction of sp³-hybridized carbons (Fsp3) is 0.811. The monoisotopic (exact) mass is 1200 g/mol. The molecule has 0 aliphatic carbocycles. The van der Waals surface area contributed by atoms with E-state index < -0.39 is 67.4 Å². The fourth-order valence-corrected chi connectivity index (χ4v) is 10.9. The van der Waals surface area contributed by atoms with Crippen LogP contribution < -0.4 is 5.32 Å². The highest BCUT2D eigenvalue weighted by atomic mass is 16.7. The summed E-state index contributed by atoms with van der Waals surface area (Å²) in [6.07, 6.45) is 69.4. The van der Waals surface area contributed by atoms with Crippen LogP contribution in [0.4, 0.5) is 0 Å². The Bertz CT molecular complexity index is 1660. The van der Waals surface area contributed by atoms with Gasteiger partial charge in [0.25, 0.3) is 0 Å². The summed E-state index contributed by atoms with van der Waals surface area (Å²) < 4.78 is 17.7. The van der Waals surface area contributed by atoms with Crippen LogP contribution in [0.5, 0.6) is 0 Å². The van der Waals surface area contributed by atoms with Crippen molar-refractivity contribution in [2.24, 2.45) is 0 Å². The molecular formula is C74H133NO10. The van der Waals surface area contributed by atoms with Crippen molar-refractivity contribution in [3.05, 3.63) is 72.9 Å². The molecule has 0 saturated carbocycles. The Kier molecular flexibility index (Phi) is 57.8. The zero-order valence-electron chi connectivity index (χ0n) is 55.0. The van der Waals surface area contributed by atoms with E-state index >= 15 is 0 Å². The van der Waals surface area contributed by atoms with Gasteiger partial charge in [0.05, 0.1) is 25.4 Å². The van der Waals surface area contributed by atoms with Gasteiger partial charge in [-0.05, 0) is 96.3 Å². The van der Waals surface area contributed by atoms with Crippen molar-refractivity contribution in [3.63, 3.8) is 0 Å². The molecule has 0 aromatic rings. The van der Waals surface area contributed by atoms with E-state index in [0.29, 0.717) is 12.8 Å². The molecule has 1 rings (SSSR count). The maximum absolute atomic E-state index is 13.5. The van der Waals surface area contributed by atoms with Crippen molar-refractivity contribution in [1.29, 1.82) is 0 Å². The second kappa shape index (κ2) is 61.3. The van der Waals surface area contributed by atoms with Gasteiger partial charge in [0, 0.05) is 6.42 Å². The minimum Gasteiger partial charge on any atom is -0.454 e. The van der Waals surface area contributed by atoms with Crippen molar-refractivity contribution in [2.75, 3.05) is 13.2 Å². The topological polar surface area (TPSA) is 175 Å². The number of hydrogen-bond acceptors (Lipinski definition) is 10. The lowest BCUT2D eigenvalue weighted by atomic mass is 9.99. The minimum absolute atomic E-state index is 0.121. The van der Waals surface area contributed by atoms with Gasteiger partial charge in [-0.15, -0.1) is 0 Å². The number of rotatable bonds is 61. The zero-order chi connectivity index (χ0) is 61.7. The fourth-order valence-electron chi connectivity index (χ4n) is 10.9. The van der Waals surface area contributed by atoms with E-state index in [2.05, 4.69) is 86.8 Å². The van der Waals surface area contributed by atoms with E-state index in [1.54, 1.807) is 6.08 Å². The number of unbranched alkanes of at least 4 members (excludes halogenated alkanes) is 37. The van der Waals surface area contributed by atoms with E-state index in [9.17, 15) is 35.1 Å². The van der Waals surface area contributed by atoms with Crippen LogP contribution in [0.15, 0.2) is 72.9 Å².